The Kier molecular flexibility index (Phi) is 5.98. The molecule has 0 heterocycles. The molecule has 18 heavy (non-hydrogen) atoms. The lowest BCUT2D eigenvalue weighted by Gasteiger charge is -2.09. The molecule has 0 bridgehead atoms. The molecule has 0 radical (unpaired) electrons. The third-order valence-electron chi connectivity index (χ3n) is 2.63. The van der Waals surface area contributed by atoms with Gasteiger partial charge >= 0.3 is 0 Å². The van der Waals surface area contributed by atoms with E-state index < -0.39 is 0 Å². The summed E-state index contributed by atoms with van der Waals surface area (Å²) in [6.45, 7) is 6.58. The van der Waals surface area contributed by atoms with E-state index in [9.17, 15) is 4.79 Å². The van der Waals surface area contributed by atoms with Crippen LogP contribution in [0, 0.1) is 0 Å². The second-order valence-electron chi connectivity index (χ2n) is 4.12. The zero-order chi connectivity index (χ0) is 13.4. The minimum atomic E-state index is -0.0735. The molecule has 3 heteroatoms. The minimum Gasteiger partial charge on any atom is -0.493 e. The number of ether oxygens (including phenoxy) is 1. The fraction of sp³-hybridized carbons (Fsp3) is 0.400. The molecule has 1 amide bonds. The quantitative estimate of drug-likeness (QED) is 0.785. The Morgan fingerprint density at radius 3 is 2.78 bits per heavy atom. The van der Waals surface area contributed by atoms with E-state index in [2.05, 4.69) is 5.32 Å². The summed E-state index contributed by atoms with van der Waals surface area (Å²) in [6.07, 6.45) is 4.25. The molecule has 0 aliphatic heterocycles. The van der Waals surface area contributed by atoms with E-state index in [1.54, 1.807) is 12.2 Å². The molecule has 0 aliphatic carbocycles. The van der Waals surface area contributed by atoms with Gasteiger partial charge in [0.15, 0.2) is 0 Å². The van der Waals surface area contributed by atoms with Crippen molar-refractivity contribution in [3.05, 3.63) is 35.9 Å². The summed E-state index contributed by atoms with van der Waals surface area (Å²) in [5.74, 6) is 0.725. The molecule has 0 fully saturated rings. The highest BCUT2D eigenvalue weighted by Crippen LogP contribution is 2.19. The van der Waals surface area contributed by atoms with Gasteiger partial charge in [-0.25, -0.2) is 0 Å². The molecule has 1 aromatic carbocycles. The first-order valence-electron chi connectivity index (χ1n) is 6.37. The summed E-state index contributed by atoms with van der Waals surface area (Å²) in [5, 5.41) is 2.88. The molecule has 3 nitrogen and oxygen atoms in total. The number of carbonyl (C=O) groups is 1. The van der Waals surface area contributed by atoms with Crippen LogP contribution < -0.4 is 10.1 Å². The van der Waals surface area contributed by atoms with Crippen molar-refractivity contribution in [2.75, 3.05) is 6.61 Å². The summed E-state index contributed by atoms with van der Waals surface area (Å²) in [6, 6.07) is 7.87. The second kappa shape index (κ2) is 7.54. The Hall–Kier alpha value is -1.77. The average molecular weight is 247 g/mol. The number of benzene rings is 1. The smallest absolute Gasteiger partial charge is 0.244 e. The van der Waals surface area contributed by atoms with Gasteiger partial charge in [0.1, 0.15) is 5.75 Å². The molecule has 1 rings (SSSR count). The summed E-state index contributed by atoms with van der Waals surface area (Å²) >= 11 is 0. The van der Waals surface area contributed by atoms with Crippen LogP contribution in [0.2, 0.25) is 0 Å². The van der Waals surface area contributed by atoms with Gasteiger partial charge in [-0.3, -0.25) is 4.79 Å². The zero-order valence-corrected chi connectivity index (χ0v) is 11.3. The summed E-state index contributed by atoms with van der Waals surface area (Å²) in [4.78, 5) is 11.6. The number of para-hydroxylation sites is 1. The minimum absolute atomic E-state index is 0.0735. The van der Waals surface area contributed by atoms with Crippen LogP contribution in [0.5, 0.6) is 5.75 Å². The highest BCUT2D eigenvalue weighted by atomic mass is 16.5. The summed E-state index contributed by atoms with van der Waals surface area (Å²) < 4.78 is 5.49. The van der Waals surface area contributed by atoms with Crippen LogP contribution in [0.4, 0.5) is 0 Å². The van der Waals surface area contributed by atoms with E-state index in [1.807, 2.05) is 45.0 Å². The fourth-order valence-corrected chi connectivity index (χ4v) is 1.46. The number of carbonyl (C=O) groups excluding carboxylic acids is 1. The number of nitrogens with one attached hydrogen (secondary N) is 1. The standard InChI is InChI=1S/C15H21NO2/c1-4-12(3)16-15(17)11-10-13-8-6-7-9-14(13)18-5-2/h6-12H,4-5H2,1-3H3,(H,16,17)/b11-10-/t12-/m1/s1. The average Bonchev–Trinajstić information content (AvgIpc) is 2.38. The van der Waals surface area contributed by atoms with Gasteiger partial charge in [-0.05, 0) is 32.4 Å². The predicted octanol–water partition coefficient (Wildman–Crippen LogP) is 3.01. The highest BCUT2D eigenvalue weighted by Gasteiger charge is 2.02. The molecule has 1 atom stereocenters. The first-order valence-corrected chi connectivity index (χ1v) is 6.37. The normalized spacial score (nSPS) is 12.4. The molecular weight excluding hydrogens is 226 g/mol. The summed E-state index contributed by atoms with van der Waals surface area (Å²) in [5.41, 5.74) is 0.915. The van der Waals surface area contributed by atoms with Gasteiger partial charge in [-0.1, -0.05) is 25.1 Å². The van der Waals surface area contributed by atoms with Crippen molar-refractivity contribution in [2.45, 2.75) is 33.2 Å². The Morgan fingerprint density at radius 2 is 2.11 bits per heavy atom. The zero-order valence-electron chi connectivity index (χ0n) is 11.3. The van der Waals surface area contributed by atoms with E-state index in [0.717, 1.165) is 17.7 Å². The van der Waals surface area contributed by atoms with Crippen molar-refractivity contribution in [3.63, 3.8) is 0 Å². The summed E-state index contributed by atoms with van der Waals surface area (Å²) in [7, 11) is 0. The topological polar surface area (TPSA) is 38.3 Å². The van der Waals surface area contributed by atoms with Crippen LogP contribution in [0.3, 0.4) is 0 Å². The number of hydrogen-bond donors (Lipinski definition) is 1. The van der Waals surface area contributed by atoms with Crippen molar-refractivity contribution >= 4 is 12.0 Å². The van der Waals surface area contributed by atoms with Gasteiger partial charge in [0, 0.05) is 17.7 Å². The Labute approximate surface area is 109 Å². The van der Waals surface area contributed by atoms with Crippen LogP contribution in [0.25, 0.3) is 6.08 Å². The first kappa shape index (κ1) is 14.3. The molecule has 0 saturated carbocycles. The molecule has 1 N–H and O–H groups in total. The Morgan fingerprint density at radius 1 is 1.39 bits per heavy atom. The van der Waals surface area contributed by atoms with Gasteiger partial charge in [0.25, 0.3) is 0 Å². The fourth-order valence-electron chi connectivity index (χ4n) is 1.46. The number of hydrogen-bond acceptors (Lipinski definition) is 2. The van der Waals surface area contributed by atoms with E-state index in [4.69, 9.17) is 4.74 Å². The van der Waals surface area contributed by atoms with Crippen molar-refractivity contribution in [1.29, 1.82) is 0 Å². The Bertz CT molecular complexity index is 413. The van der Waals surface area contributed by atoms with Crippen LogP contribution in [0.1, 0.15) is 32.8 Å². The third kappa shape index (κ3) is 4.62. The molecule has 0 unspecified atom stereocenters. The lowest BCUT2D eigenvalue weighted by molar-refractivity contribution is -0.117. The van der Waals surface area contributed by atoms with Crippen molar-refractivity contribution in [1.82, 2.24) is 5.32 Å². The van der Waals surface area contributed by atoms with Gasteiger partial charge in [0.05, 0.1) is 6.61 Å². The lowest BCUT2D eigenvalue weighted by atomic mass is 10.2. The number of rotatable bonds is 6. The van der Waals surface area contributed by atoms with Crippen LogP contribution in [-0.2, 0) is 4.79 Å². The lowest BCUT2D eigenvalue weighted by Crippen LogP contribution is -2.30. The van der Waals surface area contributed by atoms with Crippen LogP contribution >= 0.6 is 0 Å². The van der Waals surface area contributed by atoms with Crippen molar-refractivity contribution in [3.8, 4) is 5.75 Å². The maximum atomic E-state index is 11.6. The Balaban J connectivity index is 2.68. The second-order valence-corrected chi connectivity index (χ2v) is 4.12. The molecule has 0 aliphatic rings. The maximum absolute atomic E-state index is 11.6. The van der Waals surface area contributed by atoms with Gasteiger partial charge < -0.3 is 10.1 Å². The van der Waals surface area contributed by atoms with E-state index >= 15 is 0 Å². The molecule has 1 aromatic rings. The van der Waals surface area contributed by atoms with Gasteiger partial charge in [0.2, 0.25) is 5.91 Å². The first-order chi connectivity index (χ1) is 8.67. The van der Waals surface area contributed by atoms with E-state index in [0.29, 0.717) is 6.61 Å². The van der Waals surface area contributed by atoms with Crippen molar-refractivity contribution < 1.29 is 9.53 Å². The van der Waals surface area contributed by atoms with Gasteiger partial charge in [-0.2, -0.15) is 0 Å². The SMILES string of the molecule is CCOc1ccccc1/C=C\C(=O)N[C@H](C)CC. The predicted molar refractivity (Wildman–Crippen MR) is 74.5 cm³/mol. The molecule has 0 saturated heterocycles. The van der Waals surface area contributed by atoms with Gasteiger partial charge in [-0.15, -0.1) is 0 Å². The van der Waals surface area contributed by atoms with Crippen molar-refractivity contribution in [2.24, 2.45) is 0 Å². The van der Waals surface area contributed by atoms with E-state index in [1.165, 1.54) is 0 Å². The van der Waals surface area contributed by atoms with Crippen LogP contribution in [-0.4, -0.2) is 18.6 Å². The number of amides is 1. The monoisotopic (exact) mass is 247 g/mol. The maximum Gasteiger partial charge on any atom is 0.244 e. The third-order valence-corrected chi connectivity index (χ3v) is 2.63. The molecule has 98 valence electrons. The molecule has 0 spiro atoms. The highest BCUT2D eigenvalue weighted by molar-refractivity contribution is 5.92. The largest absolute Gasteiger partial charge is 0.493 e. The van der Waals surface area contributed by atoms with E-state index in [-0.39, 0.29) is 11.9 Å². The van der Waals surface area contributed by atoms with Crippen LogP contribution in [0.15, 0.2) is 30.3 Å². The molecule has 0 aromatic heterocycles. The molecular formula is C15H21NO2.